The minimum atomic E-state index is -0.327. The molecule has 0 saturated carbocycles. The molecule has 0 amide bonds. The number of imidazole rings is 2. The van der Waals surface area contributed by atoms with E-state index in [4.69, 9.17) is 4.98 Å². The largest absolute Gasteiger partial charge is 0.373 e. The molecule has 1 saturated heterocycles. The van der Waals surface area contributed by atoms with Crippen LogP contribution in [0.2, 0.25) is 0 Å². The molecule has 9 heteroatoms. The van der Waals surface area contributed by atoms with Gasteiger partial charge in [-0.1, -0.05) is 30.4 Å². The molecule has 5 rings (SSSR count). The number of piperidine rings is 1. The molecule has 0 unspecified atom stereocenters. The predicted molar refractivity (Wildman–Crippen MR) is 109 cm³/mol. The van der Waals surface area contributed by atoms with E-state index in [-0.39, 0.29) is 10.7 Å². The highest BCUT2D eigenvalue weighted by atomic mass is 32.1. The molecule has 144 valence electrons. The lowest BCUT2D eigenvalue weighted by atomic mass is 10.0. The molecular formula is C19H20N6O2S. The number of thiazole rings is 1. The number of para-hydroxylation sites is 2. The summed E-state index contributed by atoms with van der Waals surface area (Å²) in [4.78, 5) is 23.3. The van der Waals surface area contributed by atoms with Crippen molar-refractivity contribution in [2.45, 2.75) is 32.2 Å². The number of aromatic nitrogens is 4. The molecule has 1 aliphatic heterocycles. The fourth-order valence-electron chi connectivity index (χ4n) is 4.23. The molecule has 4 heterocycles. The van der Waals surface area contributed by atoms with Crippen molar-refractivity contribution in [3.8, 4) is 0 Å². The quantitative estimate of drug-likeness (QED) is 0.384. The third-order valence-corrected chi connectivity index (χ3v) is 6.26. The summed E-state index contributed by atoms with van der Waals surface area (Å²) in [6, 6.07) is 8.60. The van der Waals surface area contributed by atoms with Crippen LogP contribution >= 0.6 is 11.3 Å². The molecule has 28 heavy (non-hydrogen) atoms. The van der Waals surface area contributed by atoms with Gasteiger partial charge in [-0.25, -0.2) is 4.98 Å². The third kappa shape index (κ3) is 2.57. The van der Waals surface area contributed by atoms with Gasteiger partial charge in [-0.3, -0.25) is 0 Å². The zero-order valence-corrected chi connectivity index (χ0v) is 16.3. The minimum Gasteiger partial charge on any atom is -0.358 e. The van der Waals surface area contributed by atoms with Crippen LogP contribution < -0.4 is 4.90 Å². The monoisotopic (exact) mass is 396 g/mol. The van der Waals surface area contributed by atoms with Crippen molar-refractivity contribution >= 4 is 39.0 Å². The van der Waals surface area contributed by atoms with Crippen molar-refractivity contribution in [2.75, 3.05) is 18.0 Å². The Morgan fingerprint density at radius 1 is 1.25 bits per heavy atom. The zero-order chi connectivity index (χ0) is 19.3. The Kier molecular flexibility index (Phi) is 4.04. The molecule has 0 N–H and O–H groups in total. The van der Waals surface area contributed by atoms with Crippen molar-refractivity contribution in [1.82, 2.24) is 18.9 Å². The Labute approximate surface area is 165 Å². The Hall–Kier alpha value is -2.94. The Bertz CT molecular complexity index is 1170. The fourth-order valence-corrected chi connectivity index (χ4v) is 4.94. The van der Waals surface area contributed by atoms with Crippen molar-refractivity contribution in [2.24, 2.45) is 0 Å². The summed E-state index contributed by atoms with van der Waals surface area (Å²) in [6.45, 7) is 3.62. The van der Waals surface area contributed by atoms with E-state index < -0.39 is 0 Å². The summed E-state index contributed by atoms with van der Waals surface area (Å²) < 4.78 is 3.94. The molecule has 0 radical (unpaired) electrons. The van der Waals surface area contributed by atoms with Gasteiger partial charge < -0.3 is 19.6 Å². The number of hydrogen-bond donors (Lipinski definition) is 0. The van der Waals surface area contributed by atoms with E-state index in [9.17, 15) is 10.1 Å². The molecule has 0 aliphatic carbocycles. The first-order valence-corrected chi connectivity index (χ1v) is 10.4. The molecule has 0 bridgehead atoms. The number of hydrogen-bond acceptors (Lipinski definition) is 6. The van der Waals surface area contributed by atoms with Gasteiger partial charge >= 0.3 is 5.82 Å². The van der Waals surface area contributed by atoms with Crippen LogP contribution in [-0.4, -0.2) is 36.9 Å². The van der Waals surface area contributed by atoms with Gasteiger partial charge in [0.05, 0.1) is 11.0 Å². The highest BCUT2D eigenvalue weighted by molar-refractivity contribution is 7.15. The van der Waals surface area contributed by atoms with Crippen molar-refractivity contribution in [3.63, 3.8) is 0 Å². The Morgan fingerprint density at radius 3 is 2.79 bits per heavy atom. The average Bonchev–Trinajstić information content (AvgIpc) is 3.39. The summed E-state index contributed by atoms with van der Waals surface area (Å²) in [6.07, 6.45) is 4.43. The van der Waals surface area contributed by atoms with Gasteiger partial charge in [0, 0.05) is 30.9 Å². The van der Waals surface area contributed by atoms with Gasteiger partial charge in [-0.2, -0.15) is 9.38 Å². The van der Waals surface area contributed by atoms with E-state index in [1.54, 1.807) is 10.6 Å². The van der Waals surface area contributed by atoms with Gasteiger partial charge in [-0.15, -0.1) is 0 Å². The number of aryl methyl sites for hydroxylation is 1. The molecule has 8 nitrogen and oxygen atoms in total. The standard InChI is InChI=1S/C19H20N6O2S/c1-2-16-20-14-5-3-4-6-15(14)24(16)13-7-9-22(10-8-13)17-18(25(26)27)23-11-12-28-19(23)21-17/h3-6,11-13H,2,7-10H2,1H3. The van der Waals surface area contributed by atoms with E-state index in [0.29, 0.717) is 16.8 Å². The summed E-state index contributed by atoms with van der Waals surface area (Å²) in [5.74, 6) is 1.66. The zero-order valence-electron chi connectivity index (χ0n) is 15.5. The molecule has 0 atom stereocenters. The summed E-state index contributed by atoms with van der Waals surface area (Å²) in [7, 11) is 0. The molecule has 1 aliphatic rings. The van der Waals surface area contributed by atoms with E-state index in [2.05, 4.69) is 39.6 Å². The minimum absolute atomic E-state index is 0.0667. The van der Waals surface area contributed by atoms with Crippen LogP contribution in [0.1, 0.15) is 31.6 Å². The predicted octanol–water partition coefficient (Wildman–Crippen LogP) is 4.06. The molecule has 4 aromatic rings. The number of benzene rings is 1. The lowest BCUT2D eigenvalue weighted by Gasteiger charge is -2.33. The van der Waals surface area contributed by atoms with Crippen LogP contribution in [-0.2, 0) is 6.42 Å². The second-order valence-electron chi connectivity index (χ2n) is 7.03. The average molecular weight is 396 g/mol. The molecule has 1 aromatic carbocycles. The highest BCUT2D eigenvalue weighted by Gasteiger charge is 2.31. The summed E-state index contributed by atoms with van der Waals surface area (Å²) in [5.41, 5.74) is 2.21. The van der Waals surface area contributed by atoms with Gasteiger partial charge in [0.25, 0.3) is 4.96 Å². The first-order valence-electron chi connectivity index (χ1n) is 9.48. The topological polar surface area (TPSA) is 81.5 Å². The lowest BCUT2D eigenvalue weighted by molar-refractivity contribution is -0.389. The van der Waals surface area contributed by atoms with Crippen LogP contribution in [0.25, 0.3) is 16.0 Å². The SMILES string of the molecule is CCc1nc2ccccc2n1C1CCN(c2nc3sccn3c2[N+](=O)[O-])CC1. The second-order valence-corrected chi connectivity index (χ2v) is 7.90. The first-order chi connectivity index (χ1) is 13.7. The molecule has 0 spiro atoms. The number of rotatable bonds is 4. The second kappa shape index (κ2) is 6.59. The van der Waals surface area contributed by atoms with Gasteiger partial charge in [0.15, 0.2) is 0 Å². The van der Waals surface area contributed by atoms with E-state index in [1.807, 2.05) is 11.4 Å². The normalized spacial score (nSPS) is 15.7. The Balaban J connectivity index is 1.44. The van der Waals surface area contributed by atoms with E-state index in [0.717, 1.165) is 43.7 Å². The fraction of sp³-hybridized carbons (Fsp3) is 0.368. The lowest BCUT2D eigenvalue weighted by Crippen LogP contribution is -2.35. The number of fused-ring (bicyclic) bond motifs is 2. The van der Waals surface area contributed by atoms with Crippen LogP contribution in [0.4, 0.5) is 11.6 Å². The third-order valence-electron chi connectivity index (χ3n) is 5.51. The van der Waals surface area contributed by atoms with Crippen molar-refractivity contribution < 1.29 is 4.92 Å². The molecular weight excluding hydrogens is 376 g/mol. The maximum atomic E-state index is 11.6. The van der Waals surface area contributed by atoms with Crippen LogP contribution in [0.5, 0.6) is 0 Å². The van der Waals surface area contributed by atoms with Crippen LogP contribution in [0.15, 0.2) is 35.8 Å². The summed E-state index contributed by atoms with van der Waals surface area (Å²) in [5, 5.41) is 13.5. The Morgan fingerprint density at radius 2 is 2.04 bits per heavy atom. The summed E-state index contributed by atoms with van der Waals surface area (Å²) >= 11 is 1.42. The van der Waals surface area contributed by atoms with Crippen LogP contribution in [0.3, 0.4) is 0 Å². The number of anilines is 1. The number of nitrogens with zero attached hydrogens (tertiary/aromatic N) is 6. The maximum absolute atomic E-state index is 11.6. The van der Waals surface area contributed by atoms with Crippen molar-refractivity contribution in [3.05, 3.63) is 51.8 Å². The van der Waals surface area contributed by atoms with Crippen molar-refractivity contribution in [1.29, 1.82) is 0 Å². The van der Waals surface area contributed by atoms with Gasteiger partial charge in [-0.05, 0) is 29.9 Å². The maximum Gasteiger partial charge on any atom is 0.373 e. The van der Waals surface area contributed by atoms with E-state index in [1.165, 1.54) is 16.9 Å². The van der Waals surface area contributed by atoms with Gasteiger partial charge in [0.2, 0.25) is 5.82 Å². The molecule has 3 aromatic heterocycles. The highest BCUT2D eigenvalue weighted by Crippen LogP contribution is 2.35. The first kappa shape index (κ1) is 17.2. The van der Waals surface area contributed by atoms with E-state index >= 15 is 0 Å². The van der Waals surface area contributed by atoms with Gasteiger partial charge in [0.1, 0.15) is 12.0 Å². The smallest absolute Gasteiger partial charge is 0.358 e. The molecule has 1 fully saturated rings. The van der Waals surface area contributed by atoms with Crippen LogP contribution in [0, 0.1) is 10.1 Å². The number of nitro groups is 1.